The molecule has 0 atom stereocenters. The molecule has 0 aliphatic rings. The summed E-state index contributed by atoms with van der Waals surface area (Å²) >= 11 is 1.99. The molecule has 0 aromatic carbocycles. The van der Waals surface area contributed by atoms with Crippen LogP contribution >= 0.6 is 22.6 Å². The Balaban J connectivity index is 0.000000171. The van der Waals surface area contributed by atoms with E-state index in [1.807, 2.05) is 22.6 Å². The van der Waals surface area contributed by atoms with Crippen LogP contribution in [0.5, 0.6) is 0 Å². The van der Waals surface area contributed by atoms with Crippen LogP contribution < -0.4 is 22.9 Å². The predicted octanol–water partition coefficient (Wildman–Crippen LogP) is -0.113. The Bertz CT molecular complexity index is 465. The van der Waals surface area contributed by atoms with Gasteiger partial charge in [-0.3, -0.25) is 0 Å². The first-order valence-corrected chi connectivity index (χ1v) is 5.43. The van der Waals surface area contributed by atoms with Crippen LogP contribution in [0.4, 0.5) is 23.3 Å². The molecule has 0 spiro atoms. The highest BCUT2D eigenvalue weighted by molar-refractivity contribution is 14.1. The van der Waals surface area contributed by atoms with Crippen LogP contribution in [0.25, 0.3) is 0 Å². The van der Waals surface area contributed by atoms with Gasteiger partial charge in [0.2, 0.25) is 0 Å². The maximum atomic E-state index is 5.38. The van der Waals surface area contributed by atoms with Gasteiger partial charge in [-0.05, 0) is 22.6 Å². The van der Waals surface area contributed by atoms with E-state index in [4.69, 9.17) is 22.9 Å². The lowest BCUT2D eigenvalue weighted by Crippen LogP contribution is -2.00. The number of aromatic nitrogens is 4. The molecule has 0 saturated carbocycles. The summed E-state index contributed by atoms with van der Waals surface area (Å²) in [5, 5.41) is 0. The van der Waals surface area contributed by atoms with Gasteiger partial charge in [0, 0.05) is 6.07 Å². The SMILES string of the molecule is Nc1cc(N)ncn1.Nc1ncnc(N)c1I. The normalized spacial score (nSPS) is 9.24. The van der Waals surface area contributed by atoms with Crippen molar-refractivity contribution in [2.45, 2.75) is 0 Å². The second-order valence-electron chi connectivity index (χ2n) is 2.83. The van der Waals surface area contributed by atoms with Crippen LogP contribution in [0.3, 0.4) is 0 Å². The van der Waals surface area contributed by atoms with Crippen molar-refractivity contribution in [1.29, 1.82) is 0 Å². The summed E-state index contributed by atoms with van der Waals surface area (Å²) in [7, 11) is 0. The molecule has 17 heavy (non-hydrogen) atoms. The molecule has 90 valence electrons. The Hall–Kier alpha value is -1.91. The van der Waals surface area contributed by atoms with Crippen molar-refractivity contribution < 1.29 is 0 Å². The van der Waals surface area contributed by atoms with Gasteiger partial charge in [0.25, 0.3) is 0 Å². The van der Waals surface area contributed by atoms with Crippen molar-refractivity contribution in [2.24, 2.45) is 0 Å². The number of halogens is 1. The first-order chi connectivity index (χ1) is 8.00. The summed E-state index contributed by atoms with van der Waals surface area (Å²) in [6, 6.07) is 1.50. The third-order valence-corrected chi connectivity index (χ3v) is 2.66. The lowest BCUT2D eigenvalue weighted by atomic mass is 10.5. The zero-order valence-electron chi connectivity index (χ0n) is 8.71. The molecule has 8 N–H and O–H groups in total. The fraction of sp³-hybridized carbons (Fsp3) is 0. The van der Waals surface area contributed by atoms with E-state index in [0.29, 0.717) is 23.3 Å². The quantitative estimate of drug-likeness (QED) is 0.481. The van der Waals surface area contributed by atoms with Crippen molar-refractivity contribution in [3.05, 3.63) is 22.3 Å². The van der Waals surface area contributed by atoms with E-state index >= 15 is 0 Å². The predicted molar refractivity (Wildman–Crippen MR) is 74.4 cm³/mol. The zero-order valence-corrected chi connectivity index (χ0v) is 10.9. The van der Waals surface area contributed by atoms with Gasteiger partial charge in [-0.25, -0.2) is 19.9 Å². The summed E-state index contributed by atoms with van der Waals surface area (Å²) in [5.74, 6) is 1.67. The molecule has 0 radical (unpaired) electrons. The number of nitrogens with two attached hydrogens (primary N) is 4. The number of hydrogen-bond donors (Lipinski definition) is 4. The minimum Gasteiger partial charge on any atom is -0.384 e. The molecule has 9 heteroatoms. The summed E-state index contributed by atoms with van der Waals surface area (Å²) in [4.78, 5) is 14.7. The van der Waals surface area contributed by atoms with E-state index in [-0.39, 0.29) is 0 Å². The molecule has 2 aromatic rings. The van der Waals surface area contributed by atoms with Gasteiger partial charge in [0.05, 0.1) is 3.57 Å². The smallest absolute Gasteiger partial charge is 0.142 e. The monoisotopic (exact) mass is 346 g/mol. The van der Waals surface area contributed by atoms with E-state index in [9.17, 15) is 0 Å². The average molecular weight is 346 g/mol. The number of nitrogen functional groups attached to an aromatic ring is 4. The van der Waals surface area contributed by atoms with Crippen LogP contribution in [0, 0.1) is 3.57 Å². The molecule has 0 unspecified atom stereocenters. The van der Waals surface area contributed by atoms with E-state index in [1.54, 1.807) is 0 Å². The van der Waals surface area contributed by atoms with Gasteiger partial charge >= 0.3 is 0 Å². The fourth-order valence-corrected chi connectivity index (χ4v) is 1.06. The Labute approximate surface area is 111 Å². The number of anilines is 4. The molecule has 2 aromatic heterocycles. The Morgan fingerprint density at radius 2 is 1.18 bits per heavy atom. The van der Waals surface area contributed by atoms with Crippen molar-refractivity contribution >= 4 is 45.9 Å². The van der Waals surface area contributed by atoms with Crippen LogP contribution in [-0.4, -0.2) is 19.9 Å². The molecule has 0 aliphatic carbocycles. The van der Waals surface area contributed by atoms with Crippen molar-refractivity contribution in [2.75, 3.05) is 22.9 Å². The number of hydrogen-bond acceptors (Lipinski definition) is 8. The number of rotatable bonds is 0. The largest absolute Gasteiger partial charge is 0.384 e. The first-order valence-electron chi connectivity index (χ1n) is 4.35. The van der Waals surface area contributed by atoms with Crippen molar-refractivity contribution in [1.82, 2.24) is 19.9 Å². The topological polar surface area (TPSA) is 156 Å². The maximum absolute atomic E-state index is 5.38. The van der Waals surface area contributed by atoms with Crippen LogP contribution in [0.15, 0.2) is 18.7 Å². The van der Waals surface area contributed by atoms with E-state index in [2.05, 4.69) is 19.9 Å². The molecule has 8 nitrogen and oxygen atoms in total. The van der Waals surface area contributed by atoms with Crippen LogP contribution in [0.1, 0.15) is 0 Å². The average Bonchev–Trinajstić information content (AvgIpc) is 2.26. The lowest BCUT2D eigenvalue weighted by molar-refractivity contribution is 1.17. The molecule has 0 bridgehead atoms. The number of nitrogens with zero attached hydrogens (tertiary/aromatic N) is 4. The molecule has 0 fully saturated rings. The highest BCUT2D eigenvalue weighted by Crippen LogP contribution is 2.15. The standard InChI is InChI=1S/C4H5IN4.C4H6N4/c5-2-3(6)8-1-9-4(2)7;5-3-1-4(6)8-2-7-3/h1H,(H4,6,7,8,9);1-2H,(H4,5,6,7,8). The summed E-state index contributed by atoms with van der Waals surface area (Å²) in [6.45, 7) is 0. The Kier molecular flexibility index (Phi) is 4.63. The minimum absolute atomic E-state index is 0.400. The first kappa shape index (κ1) is 13.2. The Morgan fingerprint density at radius 3 is 1.47 bits per heavy atom. The van der Waals surface area contributed by atoms with Gasteiger partial charge in [-0.1, -0.05) is 0 Å². The second-order valence-corrected chi connectivity index (χ2v) is 3.90. The van der Waals surface area contributed by atoms with Crippen LogP contribution in [-0.2, 0) is 0 Å². The molecular formula is C8H11IN8. The van der Waals surface area contributed by atoms with Gasteiger partial charge in [-0.15, -0.1) is 0 Å². The van der Waals surface area contributed by atoms with Gasteiger partial charge in [0.1, 0.15) is 35.9 Å². The lowest BCUT2D eigenvalue weighted by Gasteiger charge is -1.96. The third kappa shape index (κ3) is 4.22. The highest BCUT2D eigenvalue weighted by atomic mass is 127. The summed E-state index contributed by atoms with van der Waals surface area (Å²) < 4.78 is 0.718. The third-order valence-electron chi connectivity index (χ3n) is 1.55. The molecule has 2 heterocycles. The summed E-state index contributed by atoms with van der Waals surface area (Å²) in [6.07, 6.45) is 2.66. The molecule has 0 aliphatic heterocycles. The van der Waals surface area contributed by atoms with Gasteiger partial charge in [0.15, 0.2) is 0 Å². The molecular weight excluding hydrogens is 335 g/mol. The van der Waals surface area contributed by atoms with Gasteiger partial charge < -0.3 is 22.9 Å². The van der Waals surface area contributed by atoms with Crippen molar-refractivity contribution in [3.63, 3.8) is 0 Å². The van der Waals surface area contributed by atoms with Gasteiger partial charge in [-0.2, -0.15) is 0 Å². The van der Waals surface area contributed by atoms with Crippen molar-refractivity contribution in [3.8, 4) is 0 Å². The molecule has 0 saturated heterocycles. The van der Waals surface area contributed by atoms with E-state index < -0.39 is 0 Å². The van der Waals surface area contributed by atoms with E-state index in [0.717, 1.165) is 3.57 Å². The fourth-order valence-electron chi connectivity index (χ4n) is 0.786. The Morgan fingerprint density at radius 1 is 0.765 bits per heavy atom. The summed E-state index contributed by atoms with van der Waals surface area (Å²) in [5.41, 5.74) is 21.2. The highest BCUT2D eigenvalue weighted by Gasteiger charge is 1.98. The molecule has 0 amide bonds. The van der Waals surface area contributed by atoms with E-state index in [1.165, 1.54) is 18.7 Å². The minimum atomic E-state index is 0.400. The maximum Gasteiger partial charge on any atom is 0.142 e. The zero-order chi connectivity index (χ0) is 12.8. The molecule has 2 rings (SSSR count). The second kappa shape index (κ2) is 5.98. The van der Waals surface area contributed by atoms with Crippen LogP contribution in [0.2, 0.25) is 0 Å².